The first kappa shape index (κ1) is 19.2. The molecule has 0 aliphatic carbocycles. The molecule has 0 aliphatic rings. The predicted molar refractivity (Wildman–Crippen MR) is 105 cm³/mol. The normalized spacial score (nSPS) is 12.1. The number of oxazole rings is 1. The van der Waals surface area contributed by atoms with Crippen molar-refractivity contribution in [3.63, 3.8) is 0 Å². The van der Waals surface area contributed by atoms with Gasteiger partial charge in [0.15, 0.2) is 5.76 Å². The fraction of sp³-hybridized carbons (Fsp3) is 0.238. The Labute approximate surface area is 162 Å². The molecule has 0 fully saturated rings. The minimum Gasteiger partial charge on any atom is -0.431 e. The van der Waals surface area contributed by atoms with E-state index < -0.39 is 0 Å². The third-order valence-electron chi connectivity index (χ3n) is 4.08. The van der Waals surface area contributed by atoms with Gasteiger partial charge in [-0.05, 0) is 35.7 Å². The lowest BCUT2D eigenvalue weighted by atomic mass is 9.96. The molecular formula is C21H21FN2O2S. The Hall–Kier alpha value is -2.60. The zero-order valence-electron chi connectivity index (χ0n) is 15.2. The summed E-state index contributed by atoms with van der Waals surface area (Å²) in [6.07, 6.45) is 1.58. The number of carbonyl (C=O) groups is 1. The van der Waals surface area contributed by atoms with Gasteiger partial charge in [0, 0.05) is 5.56 Å². The van der Waals surface area contributed by atoms with Gasteiger partial charge in [-0.15, -0.1) is 0 Å². The highest BCUT2D eigenvalue weighted by molar-refractivity contribution is 7.99. The number of nitrogens with one attached hydrogen (secondary N) is 1. The van der Waals surface area contributed by atoms with Crippen LogP contribution in [-0.2, 0) is 4.79 Å². The molecular weight excluding hydrogens is 363 g/mol. The van der Waals surface area contributed by atoms with Gasteiger partial charge in [0.1, 0.15) is 5.82 Å². The van der Waals surface area contributed by atoms with E-state index in [4.69, 9.17) is 4.42 Å². The molecule has 0 radical (unpaired) electrons. The van der Waals surface area contributed by atoms with Crippen LogP contribution in [-0.4, -0.2) is 16.6 Å². The molecule has 1 atom stereocenters. The molecule has 0 bridgehead atoms. The molecule has 27 heavy (non-hydrogen) atoms. The first-order valence-electron chi connectivity index (χ1n) is 8.72. The number of carbonyl (C=O) groups excluding carboxylic acids is 1. The van der Waals surface area contributed by atoms with Crippen molar-refractivity contribution in [3.8, 4) is 11.3 Å². The van der Waals surface area contributed by atoms with Gasteiger partial charge in [-0.3, -0.25) is 4.79 Å². The molecule has 6 heteroatoms. The Morgan fingerprint density at radius 1 is 1.15 bits per heavy atom. The molecule has 3 rings (SSSR count). The predicted octanol–water partition coefficient (Wildman–Crippen LogP) is 5.09. The average molecular weight is 384 g/mol. The molecule has 0 saturated heterocycles. The summed E-state index contributed by atoms with van der Waals surface area (Å²) in [6, 6.07) is 15.9. The largest absolute Gasteiger partial charge is 0.431 e. The van der Waals surface area contributed by atoms with E-state index >= 15 is 0 Å². The molecule has 0 spiro atoms. The number of amides is 1. The first-order chi connectivity index (χ1) is 13.0. The van der Waals surface area contributed by atoms with E-state index in [0.29, 0.717) is 11.0 Å². The monoisotopic (exact) mass is 384 g/mol. The van der Waals surface area contributed by atoms with Gasteiger partial charge < -0.3 is 9.73 Å². The number of rotatable bonds is 7. The standard InChI is InChI=1S/C21H21FN2O2S/c1-14(2)20(16-6-4-3-5-7-16)24-19(25)13-27-21-23-12-18(26-21)15-8-10-17(22)11-9-15/h3-12,14,20H,13H2,1-2H3,(H,24,25). The maximum absolute atomic E-state index is 13.0. The lowest BCUT2D eigenvalue weighted by Gasteiger charge is -2.22. The number of thioether (sulfide) groups is 1. The average Bonchev–Trinajstić information content (AvgIpc) is 3.14. The van der Waals surface area contributed by atoms with Gasteiger partial charge in [-0.25, -0.2) is 9.37 Å². The summed E-state index contributed by atoms with van der Waals surface area (Å²) in [6.45, 7) is 4.16. The van der Waals surface area contributed by atoms with Crippen LogP contribution in [0.25, 0.3) is 11.3 Å². The van der Waals surface area contributed by atoms with Gasteiger partial charge in [-0.2, -0.15) is 0 Å². The van der Waals surface area contributed by atoms with E-state index in [1.54, 1.807) is 18.3 Å². The molecule has 1 N–H and O–H groups in total. The minimum atomic E-state index is -0.303. The second kappa shape index (κ2) is 8.86. The lowest BCUT2D eigenvalue weighted by Crippen LogP contribution is -2.32. The van der Waals surface area contributed by atoms with E-state index in [2.05, 4.69) is 24.1 Å². The highest BCUT2D eigenvalue weighted by Crippen LogP contribution is 2.26. The molecule has 140 valence electrons. The molecule has 1 heterocycles. The Morgan fingerprint density at radius 2 is 1.85 bits per heavy atom. The molecule has 1 unspecified atom stereocenters. The zero-order chi connectivity index (χ0) is 19.2. The SMILES string of the molecule is CC(C)C(NC(=O)CSc1ncc(-c2ccc(F)cc2)o1)c1ccccc1. The van der Waals surface area contributed by atoms with Crippen LogP contribution in [0.15, 0.2) is 70.4 Å². The van der Waals surface area contributed by atoms with Crippen LogP contribution in [0.5, 0.6) is 0 Å². The number of hydrogen-bond acceptors (Lipinski definition) is 4. The van der Waals surface area contributed by atoms with Crippen molar-refractivity contribution < 1.29 is 13.6 Å². The summed E-state index contributed by atoms with van der Waals surface area (Å²) in [5, 5.41) is 3.48. The molecule has 0 saturated carbocycles. The van der Waals surface area contributed by atoms with Crippen molar-refractivity contribution in [1.82, 2.24) is 10.3 Å². The van der Waals surface area contributed by atoms with Crippen LogP contribution < -0.4 is 5.32 Å². The molecule has 0 aliphatic heterocycles. The zero-order valence-corrected chi connectivity index (χ0v) is 16.0. The number of hydrogen-bond donors (Lipinski definition) is 1. The van der Waals surface area contributed by atoms with E-state index in [1.165, 1.54) is 23.9 Å². The number of benzene rings is 2. The van der Waals surface area contributed by atoms with Crippen LogP contribution in [0, 0.1) is 11.7 Å². The maximum atomic E-state index is 13.0. The Balaban J connectivity index is 1.58. The van der Waals surface area contributed by atoms with Crippen LogP contribution in [0.2, 0.25) is 0 Å². The number of halogens is 1. The van der Waals surface area contributed by atoms with Crippen molar-refractivity contribution in [2.24, 2.45) is 5.92 Å². The van der Waals surface area contributed by atoms with Crippen LogP contribution in [0.3, 0.4) is 0 Å². The van der Waals surface area contributed by atoms with E-state index in [9.17, 15) is 9.18 Å². The second-order valence-electron chi connectivity index (χ2n) is 6.49. The quantitative estimate of drug-likeness (QED) is 0.577. The fourth-order valence-electron chi connectivity index (χ4n) is 2.71. The molecule has 4 nitrogen and oxygen atoms in total. The van der Waals surface area contributed by atoms with Crippen LogP contribution in [0.4, 0.5) is 4.39 Å². The van der Waals surface area contributed by atoms with Crippen molar-refractivity contribution in [1.29, 1.82) is 0 Å². The van der Waals surface area contributed by atoms with Crippen LogP contribution >= 0.6 is 11.8 Å². The third-order valence-corrected chi connectivity index (χ3v) is 4.92. The van der Waals surface area contributed by atoms with Crippen molar-refractivity contribution in [2.75, 3.05) is 5.75 Å². The van der Waals surface area contributed by atoms with Gasteiger partial charge >= 0.3 is 0 Å². The minimum absolute atomic E-state index is 0.0429. The summed E-state index contributed by atoms with van der Waals surface area (Å²) < 4.78 is 18.7. The first-order valence-corrected chi connectivity index (χ1v) is 9.70. The number of nitrogens with zero attached hydrogens (tertiary/aromatic N) is 1. The summed E-state index contributed by atoms with van der Waals surface area (Å²) in [5.74, 6) is 0.640. The highest BCUT2D eigenvalue weighted by Gasteiger charge is 2.18. The van der Waals surface area contributed by atoms with Crippen molar-refractivity contribution in [2.45, 2.75) is 25.1 Å². The van der Waals surface area contributed by atoms with E-state index in [1.807, 2.05) is 30.3 Å². The Kier molecular flexibility index (Phi) is 6.29. The Morgan fingerprint density at radius 3 is 2.52 bits per heavy atom. The summed E-state index contributed by atoms with van der Waals surface area (Å²) >= 11 is 1.23. The molecule has 1 aromatic heterocycles. The Bertz CT molecular complexity index is 879. The van der Waals surface area contributed by atoms with E-state index in [0.717, 1.165) is 11.1 Å². The van der Waals surface area contributed by atoms with Crippen molar-refractivity contribution in [3.05, 3.63) is 72.2 Å². The fourth-order valence-corrected chi connectivity index (χ4v) is 3.32. The van der Waals surface area contributed by atoms with Gasteiger partial charge in [-0.1, -0.05) is 55.9 Å². The van der Waals surface area contributed by atoms with Gasteiger partial charge in [0.05, 0.1) is 18.0 Å². The maximum Gasteiger partial charge on any atom is 0.256 e. The lowest BCUT2D eigenvalue weighted by molar-refractivity contribution is -0.119. The molecule has 3 aromatic rings. The topological polar surface area (TPSA) is 55.1 Å². The van der Waals surface area contributed by atoms with E-state index in [-0.39, 0.29) is 29.4 Å². The summed E-state index contributed by atoms with van der Waals surface area (Å²) in [4.78, 5) is 16.6. The molecule has 2 aromatic carbocycles. The highest BCUT2D eigenvalue weighted by atomic mass is 32.2. The van der Waals surface area contributed by atoms with Crippen LogP contribution in [0.1, 0.15) is 25.5 Å². The number of aromatic nitrogens is 1. The summed E-state index contributed by atoms with van der Waals surface area (Å²) in [5.41, 5.74) is 1.82. The third kappa shape index (κ3) is 5.20. The second-order valence-corrected chi connectivity index (χ2v) is 7.41. The van der Waals surface area contributed by atoms with Gasteiger partial charge in [0.25, 0.3) is 5.22 Å². The van der Waals surface area contributed by atoms with Crippen molar-refractivity contribution >= 4 is 17.7 Å². The molecule has 1 amide bonds. The van der Waals surface area contributed by atoms with Gasteiger partial charge in [0.2, 0.25) is 5.91 Å². The summed E-state index contributed by atoms with van der Waals surface area (Å²) in [7, 11) is 0. The smallest absolute Gasteiger partial charge is 0.256 e.